The number of carbonyl (C=O) groups is 3. The molecule has 4 heterocycles. The van der Waals surface area contributed by atoms with Crippen LogP contribution in [0.4, 0.5) is 5.95 Å². The molecule has 0 bridgehead atoms. The molecule has 10 N–H and O–H groups in total. The van der Waals surface area contributed by atoms with Crippen LogP contribution >= 0.6 is 47.8 Å². The van der Waals surface area contributed by atoms with Crippen LogP contribution < -0.4 is 27.4 Å². The first-order valence-electron chi connectivity index (χ1n) is 10.8. The number of nitrogens with zero attached hydrogens (tertiary/aromatic N) is 3. The fraction of sp³-hybridized carbons (Fsp3) is 0.143. The Labute approximate surface area is 240 Å². The summed E-state index contributed by atoms with van der Waals surface area (Å²) >= 11 is 9.79. The lowest BCUT2D eigenvalue weighted by Crippen LogP contribution is -2.38. The maximum atomic E-state index is 13.0. The largest absolute Gasteiger partial charge is 0.370 e. The number of imidazole rings is 2. The average Bonchev–Trinajstić information content (AvgIpc) is 3.62. The van der Waals surface area contributed by atoms with Crippen molar-refractivity contribution in [3.05, 3.63) is 67.1 Å². The van der Waals surface area contributed by atoms with Crippen molar-refractivity contribution < 1.29 is 14.4 Å². The molecule has 0 saturated carbocycles. The lowest BCUT2D eigenvalue weighted by molar-refractivity contribution is -0.122. The fourth-order valence-corrected chi connectivity index (χ4v) is 4.43. The zero-order valence-corrected chi connectivity index (χ0v) is 24.0. The number of hydrogen-bond donors (Lipinski definition) is 8. The quantitative estimate of drug-likeness (QED) is 0.152. The number of guanidine groups is 1. The van der Waals surface area contributed by atoms with Gasteiger partial charge in [0.15, 0.2) is 17.7 Å². The van der Waals surface area contributed by atoms with Crippen molar-refractivity contribution in [2.45, 2.75) is 5.54 Å². The lowest BCUT2D eigenvalue weighted by Gasteiger charge is -2.18. The van der Waals surface area contributed by atoms with Crippen molar-refractivity contribution in [2.24, 2.45) is 10.7 Å². The summed E-state index contributed by atoms with van der Waals surface area (Å²) < 4.78 is 1.92. The zero-order chi connectivity index (χ0) is 27.4. The van der Waals surface area contributed by atoms with Gasteiger partial charge in [0.2, 0.25) is 5.54 Å². The van der Waals surface area contributed by atoms with Gasteiger partial charge in [0, 0.05) is 13.1 Å². The Morgan fingerprint density at radius 3 is 2.42 bits per heavy atom. The third-order valence-electron chi connectivity index (χ3n) is 5.14. The van der Waals surface area contributed by atoms with Crippen molar-refractivity contribution in [2.75, 3.05) is 18.8 Å². The molecule has 198 valence electrons. The molecule has 38 heavy (non-hydrogen) atoms. The van der Waals surface area contributed by atoms with Gasteiger partial charge >= 0.3 is 0 Å². The highest BCUT2D eigenvalue weighted by atomic mass is 79.9. The first kappa shape index (κ1) is 27.3. The summed E-state index contributed by atoms with van der Waals surface area (Å²) in [5.41, 5.74) is 11.0. The Kier molecular flexibility index (Phi) is 8.17. The zero-order valence-electron chi connectivity index (χ0n) is 19.2. The minimum atomic E-state index is -1.61. The number of hydrogen-bond acceptors (Lipinski definition) is 8. The average molecular weight is 714 g/mol. The molecule has 1 unspecified atom stereocenters. The highest BCUT2D eigenvalue weighted by Gasteiger charge is 2.45. The Balaban J connectivity index is 1.49. The normalized spacial score (nSPS) is 17.2. The second-order valence-electron chi connectivity index (χ2n) is 7.75. The van der Waals surface area contributed by atoms with Gasteiger partial charge in [0.1, 0.15) is 10.3 Å². The Morgan fingerprint density at radius 1 is 1.05 bits per heavy atom. The monoisotopic (exact) mass is 711 g/mol. The number of H-pyrrole nitrogens is 3. The summed E-state index contributed by atoms with van der Waals surface area (Å²) in [6.07, 6.45) is 7.73. The number of nitrogen functional groups attached to an aromatic ring is 1. The highest BCUT2D eigenvalue weighted by Crippen LogP contribution is 2.33. The number of aliphatic imine (C=N–C) groups is 1. The van der Waals surface area contributed by atoms with E-state index < -0.39 is 17.4 Å². The van der Waals surface area contributed by atoms with Gasteiger partial charge in [-0.15, -0.1) is 0 Å². The van der Waals surface area contributed by atoms with Crippen LogP contribution in [-0.4, -0.2) is 61.7 Å². The maximum Gasteiger partial charge on any atom is 0.287 e. The van der Waals surface area contributed by atoms with Crippen LogP contribution in [0.2, 0.25) is 0 Å². The number of aromatic nitrogens is 5. The molecule has 3 aromatic rings. The third kappa shape index (κ3) is 5.89. The van der Waals surface area contributed by atoms with Gasteiger partial charge in [0.05, 0.1) is 26.7 Å². The molecular weight excluding hydrogens is 694 g/mol. The molecule has 1 aliphatic heterocycles. The van der Waals surface area contributed by atoms with Crippen molar-refractivity contribution in [3.8, 4) is 0 Å². The van der Waals surface area contributed by atoms with Gasteiger partial charge in [-0.2, -0.15) is 0 Å². The van der Waals surface area contributed by atoms with E-state index in [1.54, 1.807) is 24.3 Å². The number of aromatic amines is 3. The molecule has 0 saturated heterocycles. The van der Waals surface area contributed by atoms with Crippen molar-refractivity contribution in [3.63, 3.8) is 0 Å². The standard InChI is InChI=1S/C21H20Br3N11O3/c22-9-7-11(30-14(9)24)16(36)27-6-2-4-21(18(38)34-20(26)35-21)13-10(31-19(25)33-13)3-1-5-28-17(37)15-29-8-12(23)32-15/h1-4,7-8,30H,5-6H2,(H,27,36)(H,28,37)(H,29,32)(H3,25,31,33)(H3,26,34,35,38)/b3-1+,4-2+. The molecule has 14 nitrogen and oxygen atoms in total. The molecule has 1 atom stereocenters. The van der Waals surface area contributed by atoms with E-state index in [-0.39, 0.29) is 42.4 Å². The van der Waals surface area contributed by atoms with Crippen LogP contribution in [-0.2, 0) is 10.3 Å². The van der Waals surface area contributed by atoms with E-state index in [0.717, 1.165) is 0 Å². The van der Waals surface area contributed by atoms with E-state index >= 15 is 0 Å². The Bertz CT molecular complexity index is 1470. The minimum absolute atomic E-state index is 0.0431. The second kappa shape index (κ2) is 11.4. The topological polar surface area (TPSA) is 225 Å². The summed E-state index contributed by atoms with van der Waals surface area (Å²) in [5.74, 6) is -1.20. The molecule has 3 aromatic heterocycles. The predicted molar refractivity (Wildman–Crippen MR) is 150 cm³/mol. The number of anilines is 1. The van der Waals surface area contributed by atoms with Gasteiger partial charge in [-0.3, -0.25) is 19.7 Å². The van der Waals surface area contributed by atoms with Crippen LogP contribution in [0.1, 0.15) is 32.5 Å². The Hall–Kier alpha value is -3.70. The highest BCUT2D eigenvalue weighted by molar-refractivity contribution is 9.13. The van der Waals surface area contributed by atoms with Crippen molar-refractivity contribution in [1.29, 1.82) is 0 Å². The molecule has 0 aliphatic carbocycles. The predicted octanol–water partition coefficient (Wildman–Crippen LogP) is 1.40. The van der Waals surface area contributed by atoms with Gasteiger partial charge in [-0.1, -0.05) is 12.2 Å². The summed E-state index contributed by atoms with van der Waals surface area (Å²) in [6, 6.07) is 1.63. The minimum Gasteiger partial charge on any atom is -0.370 e. The SMILES string of the molecule is NC1=NC(/C=C/CNC(=O)c2cc(Br)c(Br)[nH]2)(c2[nH]c(N)nc2/C=C/CNC(=O)c2ncc(Br)[nH]2)C(=O)N1. The Morgan fingerprint density at radius 2 is 1.79 bits per heavy atom. The molecule has 0 spiro atoms. The smallest absolute Gasteiger partial charge is 0.287 e. The summed E-state index contributed by atoms with van der Waals surface area (Å²) in [4.78, 5) is 58.5. The number of nitrogens with two attached hydrogens (primary N) is 2. The molecular formula is C21H20Br3N11O3. The van der Waals surface area contributed by atoms with Gasteiger partial charge in [-0.25, -0.2) is 15.0 Å². The van der Waals surface area contributed by atoms with Crippen molar-refractivity contribution >= 4 is 83.5 Å². The lowest BCUT2D eigenvalue weighted by atomic mass is 9.93. The van der Waals surface area contributed by atoms with E-state index in [1.165, 1.54) is 12.3 Å². The number of halogens is 3. The molecule has 17 heteroatoms. The molecule has 0 aromatic carbocycles. The maximum absolute atomic E-state index is 13.0. The van der Waals surface area contributed by atoms with Gasteiger partial charge < -0.3 is 37.1 Å². The van der Waals surface area contributed by atoms with Crippen LogP contribution in [0.3, 0.4) is 0 Å². The van der Waals surface area contributed by atoms with E-state index in [2.05, 4.69) is 93.7 Å². The van der Waals surface area contributed by atoms with Crippen LogP contribution in [0, 0.1) is 0 Å². The number of rotatable bonds is 9. The van der Waals surface area contributed by atoms with Gasteiger partial charge in [0.25, 0.3) is 17.7 Å². The molecule has 3 amide bonds. The summed E-state index contributed by atoms with van der Waals surface area (Å²) in [7, 11) is 0. The number of carbonyl (C=O) groups excluding carboxylic acids is 3. The van der Waals surface area contributed by atoms with E-state index in [1.807, 2.05) is 0 Å². The van der Waals surface area contributed by atoms with Gasteiger partial charge in [-0.05, 0) is 66.0 Å². The number of amides is 3. The van der Waals surface area contributed by atoms with E-state index in [4.69, 9.17) is 11.5 Å². The molecule has 1 aliphatic rings. The van der Waals surface area contributed by atoms with Crippen LogP contribution in [0.15, 0.2) is 49.2 Å². The summed E-state index contributed by atoms with van der Waals surface area (Å²) in [6.45, 7) is 0.224. The molecule has 0 fully saturated rings. The van der Waals surface area contributed by atoms with E-state index in [0.29, 0.717) is 25.1 Å². The number of nitrogens with one attached hydrogen (secondary N) is 6. The van der Waals surface area contributed by atoms with Crippen LogP contribution in [0.5, 0.6) is 0 Å². The van der Waals surface area contributed by atoms with Crippen LogP contribution in [0.25, 0.3) is 6.08 Å². The first-order valence-corrected chi connectivity index (χ1v) is 13.1. The third-order valence-corrected chi connectivity index (χ3v) is 7.33. The van der Waals surface area contributed by atoms with Crippen molar-refractivity contribution in [1.82, 2.24) is 40.9 Å². The molecule has 0 radical (unpaired) electrons. The fourth-order valence-electron chi connectivity index (χ4n) is 3.49. The van der Waals surface area contributed by atoms with E-state index in [9.17, 15) is 14.4 Å². The first-order chi connectivity index (χ1) is 18.1. The summed E-state index contributed by atoms with van der Waals surface area (Å²) in [5, 5.41) is 7.88. The second-order valence-corrected chi connectivity index (χ2v) is 10.3. The molecule has 4 rings (SSSR count).